The molecule has 0 unspecified atom stereocenters. The maximum Gasteiger partial charge on any atom is 0.0917 e. The Kier molecular flexibility index (Phi) is 3.60. The number of halogens is 1. The first-order valence-corrected chi connectivity index (χ1v) is 4.64. The summed E-state index contributed by atoms with van der Waals surface area (Å²) in [5.41, 5.74) is 1.21. The highest BCUT2D eigenvalue weighted by atomic mass is 79.9. The van der Waals surface area contributed by atoms with Gasteiger partial charge < -0.3 is 4.74 Å². The maximum absolute atomic E-state index is 5.24. The lowest BCUT2D eigenvalue weighted by Crippen LogP contribution is -2.01. The fourth-order valence-electron chi connectivity index (χ4n) is 0.956. The molecule has 0 fully saturated rings. The molecule has 1 nitrogen and oxygen atoms in total. The van der Waals surface area contributed by atoms with Gasteiger partial charge in [0.2, 0.25) is 0 Å². The molecule has 0 bridgehead atoms. The zero-order valence-electron chi connectivity index (χ0n) is 6.46. The quantitative estimate of drug-likeness (QED) is 0.704. The van der Waals surface area contributed by atoms with Crippen LogP contribution in [0, 0.1) is 0 Å². The van der Waals surface area contributed by atoms with Crippen LogP contribution in [-0.4, -0.2) is 12.4 Å². The highest BCUT2D eigenvalue weighted by molar-refractivity contribution is 9.09. The molecule has 0 amide bonds. The number of rotatable bonds is 3. The predicted octanol–water partition coefficient (Wildman–Crippen LogP) is 2.77. The van der Waals surface area contributed by atoms with Crippen molar-refractivity contribution in [3.05, 3.63) is 35.9 Å². The van der Waals surface area contributed by atoms with Gasteiger partial charge in [0.05, 0.1) is 6.10 Å². The van der Waals surface area contributed by atoms with E-state index in [1.54, 1.807) is 7.11 Å². The van der Waals surface area contributed by atoms with E-state index in [9.17, 15) is 0 Å². The molecule has 0 aromatic heterocycles. The van der Waals surface area contributed by atoms with Crippen LogP contribution in [0.15, 0.2) is 30.3 Å². The maximum atomic E-state index is 5.24. The van der Waals surface area contributed by atoms with Crippen LogP contribution in [0.1, 0.15) is 11.7 Å². The minimum Gasteiger partial charge on any atom is -0.376 e. The van der Waals surface area contributed by atoms with Crippen molar-refractivity contribution in [3.63, 3.8) is 0 Å². The standard InChI is InChI=1S/C9H11BrO/c1-11-9(7-10)8-5-3-2-4-6-8/h2-6,9H,7H2,1H3/t9-/m0/s1. The Hall–Kier alpha value is -0.340. The Morgan fingerprint density at radius 3 is 2.45 bits per heavy atom. The number of alkyl halides is 1. The second kappa shape index (κ2) is 4.52. The smallest absolute Gasteiger partial charge is 0.0917 e. The summed E-state index contributed by atoms with van der Waals surface area (Å²) in [5.74, 6) is 0. The Morgan fingerprint density at radius 2 is 2.00 bits per heavy atom. The average Bonchev–Trinajstić information content (AvgIpc) is 2.09. The third kappa shape index (κ3) is 2.31. The summed E-state index contributed by atoms with van der Waals surface area (Å²) in [4.78, 5) is 0. The molecule has 2 heteroatoms. The Morgan fingerprint density at radius 1 is 1.36 bits per heavy atom. The number of hydrogen-bond acceptors (Lipinski definition) is 1. The molecule has 0 radical (unpaired) electrons. The second-order valence-electron chi connectivity index (χ2n) is 2.29. The summed E-state index contributed by atoms with van der Waals surface area (Å²) in [6, 6.07) is 10.2. The van der Waals surface area contributed by atoms with Crippen LogP contribution < -0.4 is 0 Å². The largest absolute Gasteiger partial charge is 0.376 e. The fraction of sp³-hybridized carbons (Fsp3) is 0.333. The lowest BCUT2D eigenvalue weighted by Gasteiger charge is -2.11. The van der Waals surface area contributed by atoms with Crippen LogP contribution in [0.3, 0.4) is 0 Å². The zero-order chi connectivity index (χ0) is 8.10. The molecular weight excluding hydrogens is 204 g/mol. The highest BCUT2D eigenvalue weighted by Crippen LogP contribution is 2.17. The normalized spacial score (nSPS) is 12.9. The lowest BCUT2D eigenvalue weighted by atomic mass is 10.1. The molecule has 11 heavy (non-hydrogen) atoms. The van der Waals surface area contributed by atoms with E-state index in [4.69, 9.17) is 4.74 Å². The summed E-state index contributed by atoms with van der Waals surface area (Å²) >= 11 is 3.39. The molecule has 0 N–H and O–H groups in total. The van der Waals surface area contributed by atoms with Gasteiger partial charge in [-0.2, -0.15) is 0 Å². The minimum absolute atomic E-state index is 0.177. The summed E-state index contributed by atoms with van der Waals surface area (Å²) in [5, 5.41) is 0.841. The van der Waals surface area contributed by atoms with Gasteiger partial charge in [0.15, 0.2) is 0 Å². The minimum atomic E-state index is 0.177. The zero-order valence-corrected chi connectivity index (χ0v) is 8.04. The number of benzene rings is 1. The first-order chi connectivity index (χ1) is 5.38. The van der Waals surface area contributed by atoms with E-state index < -0.39 is 0 Å². The summed E-state index contributed by atoms with van der Waals surface area (Å²) in [6.07, 6.45) is 0.177. The predicted molar refractivity (Wildman–Crippen MR) is 50.0 cm³/mol. The van der Waals surface area contributed by atoms with Crippen LogP contribution in [0.25, 0.3) is 0 Å². The Labute approximate surface area is 75.5 Å². The molecule has 1 aromatic rings. The van der Waals surface area contributed by atoms with Crippen LogP contribution in [0.4, 0.5) is 0 Å². The van der Waals surface area contributed by atoms with Crippen molar-refractivity contribution in [2.75, 3.05) is 12.4 Å². The third-order valence-electron chi connectivity index (χ3n) is 1.60. The molecule has 0 aliphatic rings. The monoisotopic (exact) mass is 214 g/mol. The molecule has 1 atom stereocenters. The van der Waals surface area contributed by atoms with Gasteiger partial charge in [0, 0.05) is 12.4 Å². The van der Waals surface area contributed by atoms with Crippen molar-refractivity contribution in [1.29, 1.82) is 0 Å². The van der Waals surface area contributed by atoms with Gasteiger partial charge in [0.1, 0.15) is 0 Å². The molecule has 0 spiro atoms. The Balaban J connectivity index is 2.74. The van der Waals surface area contributed by atoms with Crippen molar-refractivity contribution in [2.24, 2.45) is 0 Å². The van der Waals surface area contributed by atoms with Crippen molar-refractivity contribution < 1.29 is 4.74 Å². The molecule has 0 saturated heterocycles. The van der Waals surface area contributed by atoms with E-state index in [0.29, 0.717) is 0 Å². The first-order valence-electron chi connectivity index (χ1n) is 3.52. The average molecular weight is 215 g/mol. The molecule has 0 aliphatic carbocycles. The third-order valence-corrected chi connectivity index (χ3v) is 2.18. The van der Waals surface area contributed by atoms with E-state index in [0.717, 1.165) is 5.33 Å². The summed E-state index contributed by atoms with van der Waals surface area (Å²) < 4.78 is 5.24. The van der Waals surface area contributed by atoms with Crippen molar-refractivity contribution in [3.8, 4) is 0 Å². The molecule has 0 aliphatic heterocycles. The van der Waals surface area contributed by atoms with Crippen LogP contribution in [0.2, 0.25) is 0 Å². The topological polar surface area (TPSA) is 9.23 Å². The fourth-order valence-corrected chi connectivity index (χ4v) is 1.59. The van der Waals surface area contributed by atoms with Crippen LogP contribution >= 0.6 is 15.9 Å². The first kappa shape index (κ1) is 8.75. The Bertz CT molecular complexity index is 194. The molecule has 0 saturated carbocycles. The molecular formula is C9H11BrO. The van der Waals surface area contributed by atoms with E-state index in [-0.39, 0.29) is 6.10 Å². The molecule has 60 valence electrons. The highest BCUT2D eigenvalue weighted by Gasteiger charge is 2.05. The van der Waals surface area contributed by atoms with Crippen LogP contribution in [-0.2, 0) is 4.74 Å². The number of hydrogen-bond donors (Lipinski definition) is 0. The number of ether oxygens (including phenoxy) is 1. The van der Waals surface area contributed by atoms with Gasteiger partial charge in [-0.3, -0.25) is 0 Å². The summed E-state index contributed by atoms with van der Waals surface area (Å²) in [6.45, 7) is 0. The van der Waals surface area contributed by atoms with Gasteiger partial charge in [-0.15, -0.1) is 0 Å². The van der Waals surface area contributed by atoms with Crippen LogP contribution in [0.5, 0.6) is 0 Å². The van der Waals surface area contributed by atoms with Gasteiger partial charge in [-0.1, -0.05) is 46.3 Å². The van der Waals surface area contributed by atoms with E-state index in [1.165, 1.54) is 5.56 Å². The van der Waals surface area contributed by atoms with Gasteiger partial charge in [-0.05, 0) is 5.56 Å². The molecule has 1 rings (SSSR count). The van der Waals surface area contributed by atoms with Crippen molar-refractivity contribution in [1.82, 2.24) is 0 Å². The molecule has 0 heterocycles. The second-order valence-corrected chi connectivity index (χ2v) is 2.94. The number of methoxy groups -OCH3 is 1. The van der Waals surface area contributed by atoms with Gasteiger partial charge in [-0.25, -0.2) is 0 Å². The van der Waals surface area contributed by atoms with Gasteiger partial charge in [0.25, 0.3) is 0 Å². The van der Waals surface area contributed by atoms with Crippen molar-refractivity contribution >= 4 is 15.9 Å². The van der Waals surface area contributed by atoms with Gasteiger partial charge >= 0.3 is 0 Å². The lowest BCUT2D eigenvalue weighted by molar-refractivity contribution is 0.124. The summed E-state index contributed by atoms with van der Waals surface area (Å²) in [7, 11) is 1.72. The van der Waals surface area contributed by atoms with E-state index in [2.05, 4.69) is 28.1 Å². The van der Waals surface area contributed by atoms with Crippen molar-refractivity contribution in [2.45, 2.75) is 6.10 Å². The van der Waals surface area contributed by atoms with E-state index >= 15 is 0 Å². The molecule has 1 aromatic carbocycles. The van der Waals surface area contributed by atoms with E-state index in [1.807, 2.05) is 18.2 Å². The SMILES string of the molecule is CO[C@@H](CBr)c1ccccc1.